The summed E-state index contributed by atoms with van der Waals surface area (Å²) in [7, 11) is 0. The van der Waals surface area contributed by atoms with Crippen molar-refractivity contribution in [3.8, 4) is 0 Å². The first-order valence-electron chi connectivity index (χ1n) is 8.32. The van der Waals surface area contributed by atoms with Gasteiger partial charge in [0.05, 0.1) is 0 Å². The molecule has 2 amide bonds. The van der Waals surface area contributed by atoms with Crippen LogP contribution in [0.4, 0.5) is 18.0 Å². The average Bonchev–Trinajstić information content (AvgIpc) is 2.49. The molecule has 0 fully saturated rings. The number of nitrogens with one attached hydrogen (secondary N) is 2. The van der Waals surface area contributed by atoms with Gasteiger partial charge < -0.3 is 5.32 Å². The molecule has 5 nitrogen and oxygen atoms in total. The highest BCUT2D eigenvalue weighted by atomic mass is 19.4. The average molecular weight is 348 g/mol. The molecule has 0 spiro atoms. The SMILES string of the molecule is CCC1=C(CC)N(C(=O)N[C@H](CC)C(C)NC(F)(F)F)N=C(C)C1. The molecule has 138 valence electrons. The Morgan fingerprint density at radius 3 is 2.38 bits per heavy atom. The highest BCUT2D eigenvalue weighted by Crippen LogP contribution is 2.26. The second-order valence-corrected chi connectivity index (χ2v) is 5.98. The topological polar surface area (TPSA) is 56.7 Å². The van der Waals surface area contributed by atoms with Crippen LogP contribution in [-0.4, -0.2) is 35.1 Å². The summed E-state index contributed by atoms with van der Waals surface area (Å²) in [5, 5.41) is 9.82. The summed E-state index contributed by atoms with van der Waals surface area (Å²) in [5.74, 6) is 0. The summed E-state index contributed by atoms with van der Waals surface area (Å²) >= 11 is 0. The molecule has 0 aromatic heterocycles. The fourth-order valence-electron chi connectivity index (χ4n) is 2.88. The number of rotatable bonds is 6. The molecule has 0 radical (unpaired) electrons. The highest BCUT2D eigenvalue weighted by molar-refractivity contribution is 5.88. The van der Waals surface area contributed by atoms with E-state index >= 15 is 0 Å². The summed E-state index contributed by atoms with van der Waals surface area (Å²) < 4.78 is 37.5. The van der Waals surface area contributed by atoms with Crippen molar-refractivity contribution in [2.24, 2.45) is 5.10 Å². The molecule has 0 saturated heterocycles. The highest BCUT2D eigenvalue weighted by Gasteiger charge is 2.33. The number of hydrazone groups is 1. The monoisotopic (exact) mass is 348 g/mol. The van der Waals surface area contributed by atoms with Gasteiger partial charge in [-0.05, 0) is 38.7 Å². The predicted octanol–water partition coefficient (Wildman–Crippen LogP) is 4.13. The first-order chi connectivity index (χ1) is 11.1. The van der Waals surface area contributed by atoms with Crippen molar-refractivity contribution < 1.29 is 18.0 Å². The van der Waals surface area contributed by atoms with E-state index in [-0.39, 0.29) is 0 Å². The minimum absolute atomic E-state index is 0.373. The summed E-state index contributed by atoms with van der Waals surface area (Å²) in [6.45, 7) is 8.93. The first-order valence-corrected chi connectivity index (χ1v) is 8.32. The Balaban J connectivity index is 2.90. The van der Waals surface area contributed by atoms with Gasteiger partial charge in [-0.25, -0.2) is 10.1 Å². The zero-order valence-corrected chi connectivity index (χ0v) is 14.9. The Kier molecular flexibility index (Phi) is 7.26. The maximum absolute atomic E-state index is 12.6. The van der Waals surface area contributed by atoms with Crippen LogP contribution in [0, 0.1) is 0 Å². The lowest BCUT2D eigenvalue weighted by Gasteiger charge is -2.31. The number of halogens is 3. The number of alkyl halides is 3. The molecule has 0 aromatic carbocycles. The number of carbonyl (C=O) groups is 1. The number of urea groups is 1. The molecular formula is C16H27F3N4O. The maximum Gasteiger partial charge on any atom is 0.457 e. The van der Waals surface area contributed by atoms with Gasteiger partial charge in [0.1, 0.15) is 0 Å². The van der Waals surface area contributed by atoms with Crippen LogP contribution in [0.5, 0.6) is 0 Å². The molecule has 1 rings (SSSR count). The third-order valence-electron chi connectivity index (χ3n) is 4.10. The number of hydrogen-bond acceptors (Lipinski definition) is 3. The van der Waals surface area contributed by atoms with Crippen LogP contribution >= 0.6 is 0 Å². The molecule has 2 atom stereocenters. The normalized spacial score (nSPS) is 18.3. The second-order valence-electron chi connectivity index (χ2n) is 5.98. The lowest BCUT2D eigenvalue weighted by molar-refractivity contribution is -0.164. The minimum Gasteiger partial charge on any atom is -0.332 e. The zero-order valence-electron chi connectivity index (χ0n) is 14.9. The van der Waals surface area contributed by atoms with E-state index in [9.17, 15) is 18.0 Å². The van der Waals surface area contributed by atoms with Crippen LogP contribution in [0.1, 0.15) is 60.3 Å². The van der Waals surface area contributed by atoms with E-state index in [2.05, 4.69) is 10.4 Å². The van der Waals surface area contributed by atoms with E-state index in [4.69, 9.17) is 0 Å². The minimum atomic E-state index is -4.48. The van der Waals surface area contributed by atoms with E-state index in [0.29, 0.717) is 12.8 Å². The molecule has 0 saturated carbocycles. The van der Waals surface area contributed by atoms with Gasteiger partial charge in [-0.3, -0.25) is 0 Å². The van der Waals surface area contributed by atoms with E-state index < -0.39 is 24.4 Å². The van der Waals surface area contributed by atoms with Crippen LogP contribution in [0.25, 0.3) is 0 Å². The smallest absolute Gasteiger partial charge is 0.332 e. The Morgan fingerprint density at radius 2 is 1.92 bits per heavy atom. The van der Waals surface area contributed by atoms with Crippen molar-refractivity contribution in [3.63, 3.8) is 0 Å². The molecule has 1 unspecified atom stereocenters. The fourth-order valence-corrected chi connectivity index (χ4v) is 2.88. The molecule has 0 bridgehead atoms. The first kappa shape index (κ1) is 20.5. The number of nitrogens with zero attached hydrogens (tertiary/aromatic N) is 2. The van der Waals surface area contributed by atoms with Crippen molar-refractivity contribution in [2.45, 2.75) is 78.7 Å². The molecule has 2 N–H and O–H groups in total. The van der Waals surface area contributed by atoms with Gasteiger partial charge in [0.2, 0.25) is 0 Å². The summed E-state index contributed by atoms with van der Waals surface area (Å²) in [6.07, 6.45) is -1.93. The Labute approximate surface area is 141 Å². The van der Waals surface area contributed by atoms with Gasteiger partial charge in [0.25, 0.3) is 0 Å². The maximum atomic E-state index is 12.6. The quantitative estimate of drug-likeness (QED) is 0.709. The summed E-state index contributed by atoms with van der Waals surface area (Å²) in [6, 6.07) is -2.08. The third-order valence-corrected chi connectivity index (χ3v) is 4.10. The Bertz CT molecular complexity index is 514. The molecule has 1 heterocycles. The fraction of sp³-hybridized carbons (Fsp3) is 0.750. The van der Waals surface area contributed by atoms with Crippen LogP contribution < -0.4 is 10.6 Å². The predicted molar refractivity (Wildman–Crippen MR) is 88.4 cm³/mol. The summed E-state index contributed by atoms with van der Waals surface area (Å²) in [4.78, 5) is 12.6. The van der Waals surface area contributed by atoms with Crippen molar-refractivity contribution in [2.75, 3.05) is 0 Å². The number of hydrogen-bond donors (Lipinski definition) is 2. The van der Waals surface area contributed by atoms with Gasteiger partial charge in [-0.1, -0.05) is 20.8 Å². The van der Waals surface area contributed by atoms with Gasteiger partial charge in [-0.2, -0.15) is 23.3 Å². The van der Waals surface area contributed by atoms with Gasteiger partial charge >= 0.3 is 12.3 Å². The van der Waals surface area contributed by atoms with E-state index in [1.165, 1.54) is 11.9 Å². The zero-order chi connectivity index (χ0) is 18.5. The van der Waals surface area contributed by atoms with E-state index in [1.807, 2.05) is 20.8 Å². The van der Waals surface area contributed by atoms with Crippen LogP contribution in [0.3, 0.4) is 0 Å². The van der Waals surface area contributed by atoms with Crippen molar-refractivity contribution in [1.82, 2.24) is 15.6 Å². The molecule has 0 aromatic rings. The van der Waals surface area contributed by atoms with E-state index in [0.717, 1.165) is 29.8 Å². The Morgan fingerprint density at radius 1 is 1.29 bits per heavy atom. The Hall–Kier alpha value is -1.57. The van der Waals surface area contributed by atoms with Crippen LogP contribution in [0.15, 0.2) is 16.4 Å². The molecule has 24 heavy (non-hydrogen) atoms. The number of allylic oxidation sites excluding steroid dienone is 2. The molecular weight excluding hydrogens is 321 g/mol. The molecule has 1 aliphatic rings. The molecule has 0 aliphatic carbocycles. The number of amides is 2. The van der Waals surface area contributed by atoms with Gasteiger partial charge in [-0.15, -0.1) is 0 Å². The van der Waals surface area contributed by atoms with Gasteiger partial charge in [0.15, 0.2) is 0 Å². The van der Waals surface area contributed by atoms with Crippen molar-refractivity contribution >= 4 is 11.7 Å². The molecule has 1 aliphatic heterocycles. The lowest BCUT2D eigenvalue weighted by Crippen LogP contribution is -2.54. The third kappa shape index (κ3) is 5.51. The van der Waals surface area contributed by atoms with Crippen LogP contribution in [-0.2, 0) is 0 Å². The van der Waals surface area contributed by atoms with Crippen molar-refractivity contribution in [3.05, 3.63) is 11.3 Å². The van der Waals surface area contributed by atoms with Gasteiger partial charge in [0, 0.05) is 29.9 Å². The van der Waals surface area contributed by atoms with E-state index in [1.54, 1.807) is 12.2 Å². The number of carbonyl (C=O) groups excluding carboxylic acids is 1. The van der Waals surface area contributed by atoms with Crippen molar-refractivity contribution in [1.29, 1.82) is 0 Å². The summed E-state index contributed by atoms with van der Waals surface area (Å²) in [5.41, 5.74) is 2.77. The van der Waals surface area contributed by atoms with Crippen LogP contribution in [0.2, 0.25) is 0 Å². The standard InChI is InChI=1S/C16H27F3N4O/c1-6-12-9-10(4)22-23(14(12)8-3)15(24)20-13(7-2)11(5)21-16(17,18)19/h11,13,21H,6-9H2,1-5H3,(H,20,24)/t11?,13-/m1/s1. The second kappa shape index (κ2) is 8.50. The largest absolute Gasteiger partial charge is 0.457 e. The lowest BCUT2D eigenvalue weighted by atomic mass is 10.0. The molecule has 8 heteroatoms.